The molecule has 10 rings (SSSR count). The highest BCUT2D eigenvalue weighted by Gasteiger charge is 2.26. The van der Waals surface area contributed by atoms with Gasteiger partial charge in [-0.3, -0.25) is 0 Å². The Morgan fingerprint density at radius 2 is 1.22 bits per heavy atom. The number of phenols is 1. The molecule has 0 amide bonds. The lowest BCUT2D eigenvalue weighted by Crippen LogP contribution is -1.93. The molecule has 0 aliphatic rings. The van der Waals surface area contributed by atoms with Gasteiger partial charge in [0.1, 0.15) is 27.1 Å². The fraction of sp³-hybridized carbons (Fsp3) is 0.0588. The maximum atomic E-state index is 10.0. The molecule has 4 aromatic carbocycles. The standard InChI is InChI=1S/C34H19NO4S2/c1-15-3-9-19-25(11-15)40-33-28(19)35(17-5-7-18(36)8-6-17)27-21-13-24-22(14-23(21)37-31(27)33)29-32(38-24)34-30(39-29)20-10-4-16(2)12-26(20)41-34/h3-14,36H,1-2H3. The lowest BCUT2D eigenvalue weighted by Gasteiger charge is -2.07. The summed E-state index contributed by atoms with van der Waals surface area (Å²) >= 11 is 3.46. The molecule has 0 saturated heterocycles. The van der Waals surface area contributed by atoms with Gasteiger partial charge in [0.05, 0.1) is 15.6 Å². The van der Waals surface area contributed by atoms with Gasteiger partial charge in [-0.2, -0.15) is 0 Å². The molecule has 0 spiro atoms. The van der Waals surface area contributed by atoms with E-state index in [1.54, 1.807) is 34.8 Å². The first kappa shape index (κ1) is 22.0. The fourth-order valence-electron chi connectivity index (χ4n) is 6.35. The summed E-state index contributed by atoms with van der Waals surface area (Å²) in [6.07, 6.45) is 0. The molecule has 0 aliphatic carbocycles. The first-order chi connectivity index (χ1) is 20.0. The monoisotopic (exact) mass is 569 g/mol. The van der Waals surface area contributed by atoms with Gasteiger partial charge in [0.15, 0.2) is 22.3 Å². The maximum absolute atomic E-state index is 10.0. The molecular weight excluding hydrogens is 551 g/mol. The lowest BCUT2D eigenvalue weighted by atomic mass is 10.1. The number of furan rings is 3. The highest BCUT2D eigenvalue weighted by atomic mass is 32.1. The van der Waals surface area contributed by atoms with E-state index < -0.39 is 0 Å². The molecule has 6 aromatic heterocycles. The molecule has 0 saturated carbocycles. The zero-order chi connectivity index (χ0) is 27.1. The Bertz CT molecular complexity index is 2720. The predicted molar refractivity (Wildman–Crippen MR) is 170 cm³/mol. The Morgan fingerprint density at radius 1 is 0.561 bits per heavy atom. The molecule has 5 nitrogen and oxygen atoms in total. The third-order valence-electron chi connectivity index (χ3n) is 8.22. The van der Waals surface area contributed by atoms with Crippen LogP contribution < -0.4 is 0 Å². The van der Waals surface area contributed by atoms with Crippen molar-refractivity contribution >= 4 is 108 Å². The van der Waals surface area contributed by atoms with Crippen molar-refractivity contribution in [2.75, 3.05) is 0 Å². The van der Waals surface area contributed by atoms with Crippen molar-refractivity contribution in [3.8, 4) is 11.4 Å². The average Bonchev–Trinajstić information content (AvgIpc) is 3.76. The molecule has 0 radical (unpaired) electrons. The number of aryl methyl sites for hydroxylation is 2. The number of hydrogen-bond donors (Lipinski definition) is 1. The van der Waals surface area contributed by atoms with Crippen LogP contribution in [0, 0.1) is 13.8 Å². The minimum absolute atomic E-state index is 0.235. The van der Waals surface area contributed by atoms with Crippen molar-refractivity contribution in [1.29, 1.82) is 0 Å². The second-order valence-electron chi connectivity index (χ2n) is 10.9. The highest BCUT2D eigenvalue weighted by Crippen LogP contribution is 2.49. The van der Waals surface area contributed by atoms with E-state index in [1.807, 2.05) is 12.1 Å². The minimum atomic E-state index is 0.235. The van der Waals surface area contributed by atoms with E-state index in [0.717, 1.165) is 75.8 Å². The summed E-state index contributed by atoms with van der Waals surface area (Å²) in [6, 6.07) is 24.5. The summed E-state index contributed by atoms with van der Waals surface area (Å²) in [7, 11) is 0. The van der Waals surface area contributed by atoms with Crippen LogP contribution in [0.2, 0.25) is 0 Å². The van der Waals surface area contributed by atoms with Gasteiger partial charge < -0.3 is 22.9 Å². The van der Waals surface area contributed by atoms with E-state index in [4.69, 9.17) is 13.3 Å². The maximum Gasteiger partial charge on any atom is 0.191 e. The second-order valence-corrected chi connectivity index (χ2v) is 13.0. The van der Waals surface area contributed by atoms with Crippen LogP contribution in [0.4, 0.5) is 0 Å². The molecule has 1 N–H and O–H groups in total. The van der Waals surface area contributed by atoms with Crippen LogP contribution in [0.3, 0.4) is 0 Å². The molecule has 6 heterocycles. The first-order valence-corrected chi connectivity index (χ1v) is 15.0. The smallest absolute Gasteiger partial charge is 0.191 e. The molecular formula is C34H19NO4S2. The highest BCUT2D eigenvalue weighted by molar-refractivity contribution is 7.27. The number of aromatic nitrogens is 1. The van der Waals surface area contributed by atoms with Gasteiger partial charge in [-0.25, -0.2) is 0 Å². The topological polar surface area (TPSA) is 64.6 Å². The molecule has 7 heteroatoms. The van der Waals surface area contributed by atoms with Crippen LogP contribution in [0.15, 0.2) is 86.0 Å². The van der Waals surface area contributed by atoms with Gasteiger partial charge in [0.25, 0.3) is 0 Å². The van der Waals surface area contributed by atoms with E-state index in [2.05, 4.69) is 66.9 Å². The molecule has 0 bridgehead atoms. The van der Waals surface area contributed by atoms with E-state index >= 15 is 0 Å². The number of benzene rings is 4. The zero-order valence-corrected chi connectivity index (χ0v) is 23.5. The van der Waals surface area contributed by atoms with Crippen molar-refractivity contribution in [1.82, 2.24) is 4.57 Å². The Kier molecular flexibility index (Phi) is 3.93. The van der Waals surface area contributed by atoms with Gasteiger partial charge in [-0.1, -0.05) is 18.2 Å². The molecule has 41 heavy (non-hydrogen) atoms. The largest absolute Gasteiger partial charge is 0.508 e. The summed E-state index contributed by atoms with van der Waals surface area (Å²) in [5, 5.41) is 14.2. The first-order valence-electron chi connectivity index (χ1n) is 13.4. The molecule has 0 fully saturated rings. The Morgan fingerprint density at radius 3 is 2.02 bits per heavy atom. The lowest BCUT2D eigenvalue weighted by molar-refractivity contribution is 0.475. The zero-order valence-electron chi connectivity index (χ0n) is 21.9. The summed E-state index contributed by atoms with van der Waals surface area (Å²) in [5.41, 5.74) is 10.4. The second kappa shape index (κ2) is 7.32. The number of aromatic hydroxyl groups is 1. The van der Waals surface area contributed by atoms with Gasteiger partial charge in [-0.05, 0) is 79.6 Å². The minimum Gasteiger partial charge on any atom is -0.508 e. The summed E-state index contributed by atoms with van der Waals surface area (Å²) < 4.78 is 26.5. The van der Waals surface area contributed by atoms with Crippen LogP contribution in [0.5, 0.6) is 5.75 Å². The third-order valence-corrected chi connectivity index (χ3v) is 10.5. The molecule has 0 aliphatic heterocycles. The van der Waals surface area contributed by atoms with Crippen molar-refractivity contribution < 1.29 is 18.4 Å². The summed E-state index contributed by atoms with van der Waals surface area (Å²) in [5.74, 6) is 0.235. The number of thiophene rings is 2. The fourth-order valence-corrected chi connectivity index (χ4v) is 8.82. The van der Waals surface area contributed by atoms with Crippen molar-refractivity contribution in [3.63, 3.8) is 0 Å². The van der Waals surface area contributed by atoms with Crippen molar-refractivity contribution in [3.05, 3.63) is 83.9 Å². The average molecular weight is 570 g/mol. The van der Waals surface area contributed by atoms with Gasteiger partial charge in [0.2, 0.25) is 0 Å². The van der Waals surface area contributed by atoms with Crippen molar-refractivity contribution in [2.24, 2.45) is 0 Å². The van der Waals surface area contributed by atoms with Crippen LogP contribution in [0.1, 0.15) is 11.1 Å². The van der Waals surface area contributed by atoms with Gasteiger partial charge >= 0.3 is 0 Å². The Hall–Kier alpha value is -4.72. The number of hydrogen-bond acceptors (Lipinski definition) is 6. The SMILES string of the molecule is Cc1ccc2c(c1)sc1c2oc2c3cc4oc5c6sc7cc(C)ccc7c6n(-c6ccc(O)cc6)c5c4cc3oc21. The molecule has 10 aromatic rings. The Labute approximate surface area is 239 Å². The third kappa shape index (κ3) is 2.75. The number of phenolic OH excluding ortho intramolecular Hbond substituents is 1. The van der Waals surface area contributed by atoms with Crippen LogP contribution in [-0.2, 0) is 0 Å². The normalized spacial score (nSPS) is 12.7. The van der Waals surface area contributed by atoms with Crippen LogP contribution in [-0.4, -0.2) is 9.67 Å². The number of nitrogens with zero attached hydrogens (tertiary/aromatic N) is 1. The quantitative estimate of drug-likeness (QED) is 0.214. The van der Waals surface area contributed by atoms with E-state index in [0.29, 0.717) is 0 Å². The molecule has 196 valence electrons. The summed E-state index contributed by atoms with van der Waals surface area (Å²) in [6.45, 7) is 4.22. The van der Waals surface area contributed by atoms with E-state index in [1.165, 1.54) is 25.9 Å². The number of rotatable bonds is 1. The predicted octanol–water partition coefficient (Wildman–Crippen LogP) is 10.9. The summed E-state index contributed by atoms with van der Waals surface area (Å²) in [4.78, 5) is 0. The van der Waals surface area contributed by atoms with Crippen LogP contribution in [0.25, 0.3) is 90.6 Å². The van der Waals surface area contributed by atoms with Crippen LogP contribution >= 0.6 is 22.7 Å². The number of fused-ring (bicyclic) bond motifs is 14. The Balaban J connectivity index is 1.33. The van der Waals surface area contributed by atoms with E-state index in [-0.39, 0.29) is 5.75 Å². The van der Waals surface area contributed by atoms with Gasteiger partial charge in [-0.15, -0.1) is 22.7 Å². The molecule has 0 atom stereocenters. The van der Waals surface area contributed by atoms with Gasteiger partial charge in [0, 0.05) is 31.2 Å². The molecule has 0 unspecified atom stereocenters. The van der Waals surface area contributed by atoms with Crippen molar-refractivity contribution in [2.45, 2.75) is 13.8 Å². The van der Waals surface area contributed by atoms with E-state index in [9.17, 15) is 5.11 Å².